The second kappa shape index (κ2) is 8.35. The predicted molar refractivity (Wildman–Crippen MR) is 111 cm³/mol. The van der Waals surface area contributed by atoms with E-state index in [1.54, 1.807) is 0 Å². The third-order valence-corrected chi connectivity index (χ3v) is 5.61. The van der Waals surface area contributed by atoms with E-state index in [1.807, 2.05) is 82.3 Å². The first kappa shape index (κ1) is 19.1. The van der Waals surface area contributed by atoms with E-state index in [2.05, 4.69) is 15.3 Å². The molecule has 0 aliphatic heterocycles. The number of thioether (sulfide) groups is 1. The third kappa shape index (κ3) is 4.74. The Labute approximate surface area is 164 Å². The van der Waals surface area contributed by atoms with E-state index in [4.69, 9.17) is 0 Å². The minimum absolute atomic E-state index is 0.0884. The molecular formula is C22H23N3OS. The van der Waals surface area contributed by atoms with Crippen molar-refractivity contribution in [2.75, 3.05) is 5.32 Å². The lowest BCUT2D eigenvalue weighted by Gasteiger charge is -2.17. The lowest BCUT2D eigenvalue weighted by atomic mass is 10.1. The molecule has 0 fully saturated rings. The standard InChI is InChI=1S/C22H23N3OS/c1-14-10-12-19(13-11-14)25-21(26)20(18-8-6-5-7-9-18)27-22-23-16(3)15(2)17(4)24-22/h5-13,20H,1-4H3,(H,25,26)/t20-/m0/s1. The Bertz CT molecular complexity index is 917. The maximum absolute atomic E-state index is 13.1. The monoisotopic (exact) mass is 377 g/mol. The predicted octanol–water partition coefficient (Wildman–Crippen LogP) is 5.18. The zero-order valence-electron chi connectivity index (χ0n) is 16.0. The van der Waals surface area contributed by atoms with Crippen LogP contribution >= 0.6 is 11.8 Å². The highest BCUT2D eigenvalue weighted by molar-refractivity contribution is 8.00. The van der Waals surface area contributed by atoms with Crippen LogP contribution in [-0.4, -0.2) is 15.9 Å². The van der Waals surface area contributed by atoms with Crippen LogP contribution in [0.4, 0.5) is 5.69 Å². The molecule has 0 saturated carbocycles. The average Bonchev–Trinajstić information content (AvgIpc) is 2.66. The molecule has 1 N–H and O–H groups in total. The number of carbonyl (C=O) groups is 1. The van der Waals surface area contributed by atoms with Crippen LogP contribution in [0.25, 0.3) is 0 Å². The summed E-state index contributed by atoms with van der Waals surface area (Å²) in [6.45, 7) is 7.97. The summed E-state index contributed by atoms with van der Waals surface area (Å²) in [5, 5.41) is 3.19. The Morgan fingerprint density at radius 2 is 1.48 bits per heavy atom. The Morgan fingerprint density at radius 3 is 2.07 bits per heavy atom. The summed E-state index contributed by atoms with van der Waals surface area (Å²) in [5.74, 6) is -0.0884. The molecule has 1 atom stereocenters. The number of aryl methyl sites for hydroxylation is 3. The summed E-state index contributed by atoms with van der Waals surface area (Å²) in [6.07, 6.45) is 0. The van der Waals surface area contributed by atoms with Crippen molar-refractivity contribution in [1.29, 1.82) is 0 Å². The number of nitrogens with zero attached hydrogens (tertiary/aromatic N) is 2. The zero-order valence-corrected chi connectivity index (χ0v) is 16.8. The van der Waals surface area contributed by atoms with Gasteiger partial charge in [0.05, 0.1) is 0 Å². The van der Waals surface area contributed by atoms with Crippen LogP contribution in [0.15, 0.2) is 59.8 Å². The molecule has 3 aromatic rings. The van der Waals surface area contributed by atoms with Crippen molar-refractivity contribution in [3.05, 3.63) is 82.7 Å². The van der Waals surface area contributed by atoms with Gasteiger partial charge in [-0.05, 0) is 51.0 Å². The molecular weight excluding hydrogens is 354 g/mol. The summed E-state index contributed by atoms with van der Waals surface area (Å²) in [6, 6.07) is 17.5. The molecule has 0 aliphatic rings. The van der Waals surface area contributed by atoms with E-state index in [1.165, 1.54) is 11.8 Å². The van der Waals surface area contributed by atoms with Crippen molar-refractivity contribution in [2.24, 2.45) is 0 Å². The van der Waals surface area contributed by atoms with Gasteiger partial charge in [0.1, 0.15) is 5.25 Å². The third-order valence-electron chi connectivity index (χ3n) is 4.49. The minimum Gasteiger partial charge on any atom is -0.325 e. The molecule has 1 heterocycles. The molecule has 3 rings (SSSR count). The second-order valence-corrected chi connectivity index (χ2v) is 7.64. The summed E-state index contributed by atoms with van der Waals surface area (Å²) in [7, 11) is 0. The fraction of sp³-hybridized carbons (Fsp3) is 0.227. The molecule has 138 valence electrons. The van der Waals surface area contributed by atoms with Crippen LogP contribution < -0.4 is 5.32 Å². The number of rotatable bonds is 5. The van der Waals surface area contributed by atoms with Crippen LogP contribution in [0, 0.1) is 27.7 Å². The number of hydrogen-bond donors (Lipinski definition) is 1. The number of amides is 1. The van der Waals surface area contributed by atoms with Gasteiger partial charge in [0.2, 0.25) is 5.91 Å². The first-order valence-corrected chi connectivity index (χ1v) is 9.73. The molecule has 5 heteroatoms. The Kier molecular flexibility index (Phi) is 5.91. The summed E-state index contributed by atoms with van der Waals surface area (Å²) in [5.41, 5.74) is 5.82. The molecule has 4 nitrogen and oxygen atoms in total. The maximum Gasteiger partial charge on any atom is 0.242 e. The smallest absolute Gasteiger partial charge is 0.242 e. The first-order valence-electron chi connectivity index (χ1n) is 8.85. The van der Waals surface area contributed by atoms with Crippen LogP contribution in [0.1, 0.15) is 33.3 Å². The van der Waals surface area contributed by atoms with Crippen molar-refractivity contribution >= 4 is 23.4 Å². The van der Waals surface area contributed by atoms with Gasteiger partial charge in [0.25, 0.3) is 0 Å². The minimum atomic E-state index is -0.436. The lowest BCUT2D eigenvalue weighted by molar-refractivity contribution is -0.115. The highest BCUT2D eigenvalue weighted by atomic mass is 32.2. The van der Waals surface area contributed by atoms with Gasteiger partial charge in [-0.3, -0.25) is 4.79 Å². The number of nitrogens with one attached hydrogen (secondary N) is 1. The van der Waals surface area contributed by atoms with Crippen molar-refractivity contribution in [3.63, 3.8) is 0 Å². The first-order chi connectivity index (χ1) is 12.9. The molecule has 0 radical (unpaired) electrons. The molecule has 0 spiro atoms. The van der Waals surface area contributed by atoms with Crippen molar-refractivity contribution in [3.8, 4) is 0 Å². The Balaban J connectivity index is 1.89. The van der Waals surface area contributed by atoms with Crippen molar-refractivity contribution in [2.45, 2.75) is 38.1 Å². The van der Waals surface area contributed by atoms with E-state index in [0.29, 0.717) is 5.16 Å². The summed E-state index contributed by atoms with van der Waals surface area (Å²) >= 11 is 1.38. The number of carbonyl (C=O) groups excluding carboxylic acids is 1. The number of benzene rings is 2. The molecule has 0 bridgehead atoms. The van der Waals surface area contributed by atoms with Gasteiger partial charge >= 0.3 is 0 Å². The fourth-order valence-corrected chi connectivity index (χ4v) is 3.69. The van der Waals surface area contributed by atoms with Gasteiger partial charge in [-0.2, -0.15) is 0 Å². The summed E-state index contributed by atoms with van der Waals surface area (Å²) in [4.78, 5) is 22.2. The molecule has 1 amide bonds. The van der Waals surface area contributed by atoms with Crippen LogP contribution in [0.3, 0.4) is 0 Å². The van der Waals surface area contributed by atoms with E-state index in [0.717, 1.165) is 33.8 Å². The summed E-state index contributed by atoms with van der Waals surface area (Å²) < 4.78 is 0. The molecule has 2 aromatic carbocycles. The topological polar surface area (TPSA) is 54.9 Å². The molecule has 27 heavy (non-hydrogen) atoms. The van der Waals surface area contributed by atoms with Crippen LogP contribution in [-0.2, 0) is 4.79 Å². The Morgan fingerprint density at radius 1 is 0.889 bits per heavy atom. The molecule has 0 saturated heterocycles. The fourth-order valence-electron chi connectivity index (χ4n) is 2.65. The van der Waals surface area contributed by atoms with E-state index in [9.17, 15) is 4.79 Å². The van der Waals surface area contributed by atoms with E-state index in [-0.39, 0.29) is 5.91 Å². The van der Waals surface area contributed by atoms with Crippen LogP contribution in [0.2, 0.25) is 0 Å². The van der Waals surface area contributed by atoms with Crippen molar-refractivity contribution < 1.29 is 4.79 Å². The zero-order chi connectivity index (χ0) is 19.4. The normalized spacial score (nSPS) is 11.9. The van der Waals surface area contributed by atoms with Gasteiger partial charge in [-0.25, -0.2) is 9.97 Å². The number of aromatic nitrogens is 2. The second-order valence-electron chi connectivity index (χ2n) is 6.57. The van der Waals surface area contributed by atoms with E-state index < -0.39 is 5.25 Å². The van der Waals surface area contributed by atoms with Gasteiger partial charge in [0, 0.05) is 17.1 Å². The number of hydrogen-bond acceptors (Lipinski definition) is 4. The molecule has 0 unspecified atom stereocenters. The molecule has 0 aliphatic carbocycles. The largest absolute Gasteiger partial charge is 0.325 e. The highest BCUT2D eigenvalue weighted by Crippen LogP contribution is 2.35. The van der Waals surface area contributed by atoms with E-state index >= 15 is 0 Å². The lowest BCUT2D eigenvalue weighted by Crippen LogP contribution is -2.19. The average molecular weight is 378 g/mol. The quantitative estimate of drug-likeness (QED) is 0.491. The van der Waals surface area contributed by atoms with Gasteiger partial charge in [-0.1, -0.05) is 59.8 Å². The Hall–Kier alpha value is -2.66. The number of anilines is 1. The maximum atomic E-state index is 13.1. The van der Waals surface area contributed by atoms with Gasteiger partial charge < -0.3 is 5.32 Å². The molecule has 1 aromatic heterocycles. The highest BCUT2D eigenvalue weighted by Gasteiger charge is 2.24. The SMILES string of the molecule is Cc1ccc(NC(=O)[C@@H](Sc2nc(C)c(C)c(C)n2)c2ccccc2)cc1. The van der Waals surface area contributed by atoms with Crippen LogP contribution in [0.5, 0.6) is 0 Å². The van der Waals surface area contributed by atoms with Gasteiger partial charge in [0.15, 0.2) is 5.16 Å². The van der Waals surface area contributed by atoms with Gasteiger partial charge in [-0.15, -0.1) is 0 Å². The van der Waals surface area contributed by atoms with Crippen molar-refractivity contribution in [1.82, 2.24) is 9.97 Å².